The van der Waals surface area contributed by atoms with Crippen molar-refractivity contribution in [2.75, 3.05) is 18.5 Å². The van der Waals surface area contributed by atoms with E-state index in [1.165, 1.54) is 0 Å². The molecule has 1 fully saturated rings. The molecule has 1 saturated heterocycles. The van der Waals surface area contributed by atoms with Crippen LogP contribution in [0.2, 0.25) is 0 Å². The summed E-state index contributed by atoms with van der Waals surface area (Å²) in [4.78, 5) is 8.58. The molecule has 0 amide bonds. The van der Waals surface area contributed by atoms with Crippen molar-refractivity contribution in [2.45, 2.75) is 18.9 Å². The first-order valence-electron chi connectivity index (χ1n) is 6.42. The summed E-state index contributed by atoms with van der Waals surface area (Å²) < 4.78 is 7.18. The number of nitrogens with one attached hydrogen (secondary N) is 1. The van der Waals surface area contributed by atoms with Crippen molar-refractivity contribution in [3.05, 3.63) is 36.0 Å². The lowest BCUT2D eigenvalue weighted by molar-refractivity contribution is 0.193. The minimum absolute atomic E-state index is 0.405. The lowest BCUT2D eigenvalue weighted by Crippen LogP contribution is -2.05. The van der Waals surface area contributed by atoms with E-state index in [1.807, 2.05) is 25.5 Å². The van der Waals surface area contributed by atoms with Crippen molar-refractivity contribution in [3.8, 4) is 0 Å². The summed E-state index contributed by atoms with van der Waals surface area (Å²) in [5.74, 6) is 1.25. The molecule has 2 aromatic rings. The van der Waals surface area contributed by atoms with Gasteiger partial charge in [-0.3, -0.25) is 4.68 Å². The Balaban J connectivity index is 1.65. The predicted molar refractivity (Wildman–Crippen MR) is 70.7 cm³/mol. The molecule has 2 aromatic heterocycles. The molecule has 0 bridgehead atoms. The number of anilines is 1. The molecule has 1 aliphatic rings. The second-order valence-electron chi connectivity index (χ2n) is 4.76. The maximum absolute atomic E-state index is 5.39. The zero-order valence-corrected chi connectivity index (χ0v) is 10.9. The molecule has 0 unspecified atom stereocenters. The summed E-state index contributed by atoms with van der Waals surface area (Å²) in [7, 11) is 1.91. The molecule has 3 rings (SSSR count). The molecule has 3 heterocycles. The molecule has 0 aliphatic carbocycles. The molecule has 0 spiro atoms. The van der Waals surface area contributed by atoms with Crippen LogP contribution in [0.4, 0.5) is 5.82 Å². The van der Waals surface area contributed by atoms with Crippen LogP contribution in [0.3, 0.4) is 0 Å². The first-order chi connectivity index (χ1) is 9.31. The maximum atomic E-state index is 5.39. The van der Waals surface area contributed by atoms with E-state index in [0.29, 0.717) is 12.5 Å². The fraction of sp³-hybridized carbons (Fsp3) is 0.462. The van der Waals surface area contributed by atoms with Crippen molar-refractivity contribution in [1.82, 2.24) is 19.7 Å². The average Bonchev–Trinajstić information content (AvgIpc) is 3.08. The van der Waals surface area contributed by atoms with Gasteiger partial charge in [-0.15, -0.1) is 0 Å². The first-order valence-corrected chi connectivity index (χ1v) is 6.42. The highest BCUT2D eigenvalue weighted by molar-refractivity contribution is 5.36. The summed E-state index contributed by atoms with van der Waals surface area (Å²) >= 11 is 0. The Morgan fingerprint density at radius 1 is 1.47 bits per heavy atom. The van der Waals surface area contributed by atoms with Gasteiger partial charge < -0.3 is 10.1 Å². The molecule has 1 atom stereocenters. The van der Waals surface area contributed by atoms with Crippen molar-refractivity contribution in [3.63, 3.8) is 0 Å². The molecule has 1 N–H and O–H groups in total. The fourth-order valence-electron chi connectivity index (χ4n) is 2.22. The van der Waals surface area contributed by atoms with Gasteiger partial charge in [0.25, 0.3) is 0 Å². The van der Waals surface area contributed by atoms with Crippen LogP contribution < -0.4 is 5.32 Å². The van der Waals surface area contributed by atoms with E-state index in [9.17, 15) is 0 Å². The molecule has 100 valence electrons. The van der Waals surface area contributed by atoms with E-state index in [1.54, 1.807) is 11.0 Å². The Morgan fingerprint density at radius 2 is 2.42 bits per heavy atom. The van der Waals surface area contributed by atoms with Gasteiger partial charge in [-0.05, 0) is 6.42 Å². The third kappa shape index (κ3) is 2.90. The first kappa shape index (κ1) is 12.1. The van der Waals surface area contributed by atoms with Gasteiger partial charge in [-0.25, -0.2) is 9.97 Å². The van der Waals surface area contributed by atoms with Gasteiger partial charge in [0.05, 0.1) is 18.5 Å². The maximum Gasteiger partial charge on any atom is 0.129 e. The molecule has 0 radical (unpaired) electrons. The van der Waals surface area contributed by atoms with Gasteiger partial charge in [0, 0.05) is 43.9 Å². The monoisotopic (exact) mass is 259 g/mol. The van der Waals surface area contributed by atoms with Gasteiger partial charge in [0.1, 0.15) is 12.1 Å². The standard InChI is InChI=1S/C13H17N5O/c1-18-7-10(6-17-18)5-14-13-4-12(15-9-16-13)11-2-3-19-8-11/h4,6-7,9,11H,2-3,5,8H2,1H3,(H,14,15,16)/t11-/m0/s1. The number of ether oxygens (including phenoxy) is 1. The SMILES string of the molecule is Cn1cc(CNc2cc([C@H]3CCOC3)ncn2)cn1. The van der Waals surface area contributed by atoms with Gasteiger partial charge in [-0.1, -0.05) is 0 Å². The van der Waals surface area contributed by atoms with E-state index in [-0.39, 0.29) is 0 Å². The van der Waals surface area contributed by atoms with Crippen LogP contribution in [0.5, 0.6) is 0 Å². The van der Waals surface area contributed by atoms with Gasteiger partial charge in [-0.2, -0.15) is 5.10 Å². The minimum Gasteiger partial charge on any atom is -0.381 e. The number of hydrogen-bond donors (Lipinski definition) is 1. The van der Waals surface area contributed by atoms with E-state index in [4.69, 9.17) is 4.74 Å². The fourth-order valence-corrected chi connectivity index (χ4v) is 2.22. The highest BCUT2D eigenvalue weighted by atomic mass is 16.5. The molecular formula is C13H17N5O. The minimum atomic E-state index is 0.405. The lowest BCUT2D eigenvalue weighted by atomic mass is 10.1. The van der Waals surface area contributed by atoms with Crippen LogP contribution in [0.25, 0.3) is 0 Å². The molecule has 6 nitrogen and oxygen atoms in total. The summed E-state index contributed by atoms with van der Waals surface area (Å²) in [5, 5.41) is 7.43. The Kier molecular flexibility index (Phi) is 3.41. The Labute approximate surface area is 111 Å². The molecule has 1 aliphatic heterocycles. The van der Waals surface area contributed by atoms with Crippen molar-refractivity contribution >= 4 is 5.82 Å². The summed E-state index contributed by atoms with van der Waals surface area (Å²) in [6, 6.07) is 2.01. The van der Waals surface area contributed by atoms with Crippen LogP contribution in [0, 0.1) is 0 Å². The van der Waals surface area contributed by atoms with Crippen molar-refractivity contribution in [1.29, 1.82) is 0 Å². The Morgan fingerprint density at radius 3 is 3.16 bits per heavy atom. The second-order valence-corrected chi connectivity index (χ2v) is 4.76. The Hall–Kier alpha value is -1.95. The quantitative estimate of drug-likeness (QED) is 0.897. The summed E-state index contributed by atoms with van der Waals surface area (Å²) in [6.07, 6.45) is 6.48. The van der Waals surface area contributed by atoms with E-state index >= 15 is 0 Å². The third-order valence-corrected chi connectivity index (χ3v) is 3.27. The number of nitrogens with zero attached hydrogens (tertiary/aromatic N) is 4. The zero-order valence-electron chi connectivity index (χ0n) is 10.9. The van der Waals surface area contributed by atoms with Crippen molar-refractivity contribution in [2.24, 2.45) is 7.05 Å². The molecule has 0 saturated carbocycles. The van der Waals surface area contributed by atoms with Crippen molar-refractivity contribution < 1.29 is 4.74 Å². The number of rotatable bonds is 4. The van der Waals surface area contributed by atoms with Gasteiger partial charge in [0.15, 0.2) is 0 Å². The Bertz CT molecular complexity index is 547. The average molecular weight is 259 g/mol. The molecule has 6 heteroatoms. The normalized spacial score (nSPS) is 18.7. The largest absolute Gasteiger partial charge is 0.381 e. The smallest absolute Gasteiger partial charge is 0.129 e. The van der Waals surface area contributed by atoms with Crippen LogP contribution in [-0.4, -0.2) is 33.0 Å². The summed E-state index contributed by atoms with van der Waals surface area (Å²) in [6.45, 7) is 2.30. The van der Waals surface area contributed by atoms with Crippen LogP contribution >= 0.6 is 0 Å². The third-order valence-electron chi connectivity index (χ3n) is 3.27. The van der Waals surface area contributed by atoms with E-state index in [0.717, 1.165) is 36.7 Å². The van der Waals surface area contributed by atoms with Crippen LogP contribution in [-0.2, 0) is 18.3 Å². The van der Waals surface area contributed by atoms with E-state index in [2.05, 4.69) is 20.4 Å². The predicted octanol–water partition coefficient (Wildman–Crippen LogP) is 1.33. The number of hydrogen-bond acceptors (Lipinski definition) is 5. The van der Waals surface area contributed by atoms with Gasteiger partial charge >= 0.3 is 0 Å². The zero-order chi connectivity index (χ0) is 13.1. The summed E-state index contributed by atoms with van der Waals surface area (Å²) in [5.41, 5.74) is 2.19. The molecule has 0 aromatic carbocycles. The van der Waals surface area contributed by atoms with Crippen LogP contribution in [0.1, 0.15) is 23.6 Å². The highest BCUT2D eigenvalue weighted by Crippen LogP contribution is 2.24. The molecular weight excluding hydrogens is 242 g/mol. The number of aromatic nitrogens is 4. The molecule has 19 heavy (non-hydrogen) atoms. The highest BCUT2D eigenvalue weighted by Gasteiger charge is 2.19. The second kappa shape index (κ2) is 5.36. The van der Waals surface area contributed by atoms with Gasteiger partial charge in [0.2, 0.25) is 0 Å². The van der Waals surface area contributed by atoms with E-state index < -0.39 is 0 Å². The van der Waals surface area contributed by atoms with Crippen LogP contribution in [0.15, 0.2) is 24.8 Å². The number of aryl methyl sites for hydroxylation is 1. The topological polar surface area (TPSA) is 64.9 Å². The lowest BCUT2D eigenvalue weighted by Gasteiger charge is -2.09.